The van der Waals surface area contributed by atoms with Crippen molar-refractivity contribution >= 4 is 17.9 Å². The highest BCUT2D eigenvalue weighted by Gasteiger charge is 2.19. The summed E-state index contributed by atoms with van der Waals surface area (Å²) in [6, 6.07) is 0. The third-order valence-electron chi connectivity index (χ3n) is 11.6. The van der Waals surface area contributed by atoms with Gasteiger partial charge in [0.1, 0.15) is 13.2 Å². The second kappa shape index (κ2) is 50.3. The van der Waals surface area contributed by atoms with E-state index in [9.17, 15) is 14.4 Å². The number of rotatable bonds is 48. The molecule has 6 nitrogen and oxygen atoms in total. The zero-order chi connectivity index (χ0) is 44.4. The maximum absolute atomic E-state index is 12.8. The van der Waals surface area contributed by atoms with Crippen molar-refractivity contribution in [1.82, 2.24) is 0 Å². The van der Waals surface area contributed by atoms with Crippen LogP contribution in [0.15, 0.2) is 36.5 Å². The van der Waals surface area contributed by atoms with E-state index in [1.807, 2.05) is 0 Å². The van der Waals surface area contributed by atoms with Crippen LogP contribution in [-0.2, 0) is 28.6 Å². The molecule has 0 aliphatic rings. The number of hydrogen-bond donors (Lipinski definition) is 0. The summed E-state index contributed by atoms with van der Waals surface area (Å²) in [6.07, 6.45) is 58.4. The van der Waals surface area contributed by atoms with Gasteiger partial charge in [0.25, 0.3) is 0 Å². The molecule has 0 aromatic heterocycles. The molecule has 0 aliphatic heterocycles. The molecule has 0 spiro atoms. The quantitative estimate of drug-likeness (QED) is 0.0199. The van der Waals surface area contributed by atoms with Crippen molar-refractivity contribution in [3.8, 4) is 0 Å². The molecule has 0 heterocycles. The molecule has 1 unspecified atom stereocenters. The number of allylic oxidation sites excluding steroid dienone is 6. The Kier molecular flexibility index (Phi) is 48.3. The molecule has 0 aromatic carbocycles. The van der Waals surface area contributed by atoms with Gasteiger partial charge in [-0.1, -0.05) is 224 Å². The first-order chi connectivity index (χ1) is 30.0. The summed E-state index contributed by atoms with van der Waals surface area (Å²) in [5, 5.41) is 0. The second-order valence-electron chi connectivity index (χ2n) is 17.8. The van der Waals surface area contributed by atoms with E-state index < -0.39 is 6.10 Å². The van der Waals surface area contributed by atoms with Gasteiger partial charge in [-0.25, -0.2) is 0 Å². The fraction of sp³-hybridized carbons (Fsp3) is 0.836. The molecule has 0 N–H and O–H groups in total. The van der Waals surface area contributed by atoms with Gasteiger partial charge in [-0.15, -0.1) is 0 Å². The molecule has 0 radical (unpaired) electrons. The SMILES string of the molecule is CCCCC/C=C\CCCCCCCC(=O)OCC(COC(=O)CCCCCCC/C=C\C=C/CCCCCCCCC)OC(=O)CCCCCCCCCCCCCCC. The van der Waals surface area contributed by atoms with E-state index in [1.165, 1.54) is 154 Å². The van der Waals surface area contributed by atoms with Gasteiger partial charge in [-0.3, -0.25) is 14.4 Å². The number of carbonyl (C=O) groups is 3. The van der Waals surface area contributed by atoms with Crippen LogP contribution in [0.5, 0.6) is 0 Å². The Bertz CT molecular complexity index is 1030. The minimum atomic E-state index is -0.777. The van der Waals surface area contributed by atoms with E-state index in [0.29, 0.717) is 19.3 Å². The summed E-state index contributed by atoms with van der Waals surface area (Å²) in [6.45, 7) is 6.61. The van der Waals surface area contributed by atoms with Crippen LogP contribution in [-0.4, -0.2) is 37.2 Å². The maximum atomic E-state index is 12.8. The fourth-order valence-electron chi connectivity index (χ4n) is 7.60. The van der Waals surface area contributed by atoms with Crippen LogP contribution in [0.1, 0.15) is 278 Å². The molecule has 0 rings (SSSR count). The largest absolute Gasteiger partial charge is 0.462 e. The predicted octanol–water partition coefficient (Wildman–Crippen LogP) is 17.3. The first kappa shape index (κ1) is 58.6. The molecule has 356 valence electrons. The normalized spacial score (nSPS) is 12.2. The first-order valence-electron chi connectivity index (χ1n) is 26.5. The molecule has 0 amide bonds. The number of unbranched alkanes of at least 4 members (excludes halogenated alkanes) is 32. The summed E-state index contributed by atoms with van der Waals surface area (Å²) >= 11 is 0. The Morgan fingerprint density at radius 2 is 0.590 bits per heavy atom. The van der Waals surface area contributed by atoms with E-state index in [-0.39, 0.29) is 31.1 Å². The smallest absolute Gasteiger partial charge is 0.306 e. The third-order valence-corrected chi connectivity index (χ3v) is 11.6. The Hall–Kier alpha value is -2.37. The van der Waals surface area contributed by atoms with E-state index in [0.717, 1.165) is 83.5 Å². The lowest BCUT2D eigenvalue weighted by atomic mass is 10.0. The zero-order valence-electron chi connectivity index (χ0n) is 40.7. The molecule has 0 saturated heterocycles. The number of ether oxygens (including phenoxy) is 3. The molecule has 0 bridgehead atoms. The molecular formula is C55H100O6. The molecule has 6 heteroatoms. The van der Waals surface area contributed by atoms with Crippen molar-refractivity contribution in [3.63, 3.8) is 0 Å². The van der Waals surface area contributed by atoms with Crippen LogP contribution < -0.4 is 0 Å². The minimum absolute atomic E-state index is 0.0789. The molecule has 0 aliphatic carbocycles. The third kappa shape index (κ3) is 48.5. The fourth-order valence-corrected chi connectivity index (χ4v) is 7.60. The topological polar surface area (TPSA) is 78.9 Å². The lowest BCUT2D eigenvalue weighted by Crippen LogP contribution is -2.30. The monoisotopic (exact) mass is 857 g/mol. The van der Waals surface area contributed by atoms with E-state index in [4.69, 9.17) is 14.2 Å². The highest BCUT2D eigenvalue weighted by atomic mass is 16.6. The van der Waals surface area contributed by atoms with Crippen molar-refractivity contribution in [1.29, 1.82) is 0 Å². The lowest BCUT2D eigenvalue weighted by Gasteiger charge is -2.18. The highest BCUT2D eigenvalue weighted by Crippen LogP contribution is 2.15. The van der Waals surface area contributed by atoms with Crippen LogP contribution in [0.25, 0.3) is 0 Å². The minimum Gasteiger partial charge on any atom is -0.462 e. The summed E-state index contributed by atoms with van der Waals surface area (Å²) < 4.78 is 16.8. The lowest BCUT2D eigenvalue weighted by molar-refractivity contribution is -0.167. The maximum Gasteiger partial charge on any atom is 0.306 e. The van der Waals surface area contributed by atoms with Crippen molar-refractivity contribution in [2.24, 2.45) is 0 Å². The summed E-state index contributed by atoms with van der Waals surface area (Å²) in [5.41, 5.74) is 0. The van der Waals surface area contributed by atoms with Gasteiger partial charge < -0.3 is 14.2 Å². The van der Waals surface area contributed by atoms with Gasteiger partial charge in [-0.2, -0.15) is 0 Å². The van der Waals surface area contributed by atoms with Crippen molar-refractivity contribution < 1.29 is 28.6 Å². The molecule has 0 fully saturated rings. The van der Waals surface area contributed by atoms with Gasteiger partial charge in [0.2, 0.25) is 0 Å². The van der Waals surface area contributed by atoms with Crippen molar-refractivity contribution in [2.75, 3.05) is 13.2 Å². The van der Waals surface area contributed by atoms with Crippen molar-refractivity contribution in [3.05, 3.63) is 36.5 Å². The number of hydrogen-bond acceptors (Lipinski definition) is 6. The Morgan fingerprint density at radius 1 is 0.328 bits per heavy atom. The number of carbonyl (C=O) groups excluding carboxylic acids is 3. The van der Waals surface area contributed by atoms with Gasteiger partial charge in [0.05, 0.1) is 0 Å². The predicted molar refractivity (Wildman–Crippen MR) is 261 cm³/mol. The van der Waals surface area contributed by atoms with E-state index in [1.54, 1.807) is 0 Å². The Morgan fingerprint density at radius 3 is 0.951 bits per heavy atom. The Labute approximate surface area is 378 Å². The molecule has 61 heavy (non-hydrogen) atoms. The first-order valence-corrected chi connectivity index (χ1v) is 26.5. The van der Waals surface area contributed by atoms with E-state index >= 15 is 0 Å². The standard InChI is InChI=1S/C55H100O6/c1-4-7-10-13-16-19-22-25-26-27-28-29-31-33-36-39-42-45-48-54(57)60-51-52(50-59-53(56)47-44-41-38-35-32-24-21-18-15-12-9-6-3)61-55(58)49-46-43-40-37-34-30-23-20-17-14-11-8-5-2/h18,21,26-29,52H,4-17,19-20,22-25,30-51H2,1-3H3/b21-18-,27-26-,29-28-. The molecule has 0 saturated carbocycles. The zero-order valence-corrected chi connectivity index (χ0v) is 40.7. The number of esters is 3. The molecule has 0 aromatic rings. The van der Waals surface area contributed by atoms with Gasteiger partial charge in [0, 0.05) is 19.3 Å². The second-order valence-corrected chi connectivity index (χ2v) is 17.8. The van der Waals surface area contributed by atoms with Crippen LogP contribution >= 0.6 is 0 Å². The van der Waals surface area contributed by atoms with Crippen LogP contribution in [0.2, 0.25) is 0 Å². The van der Waals surface area contributed by atoms with E-state index in [2.05, 4.69) is 57.2 Å². The van der Waals surface area contributed by atoms with Gasteiger partial charge in [-0.05, 0) is 70.6 Å². The average molecular weight is 857 g/mol. The van der Waals surface area contributed by atoms with Gasteiger partial charge in [0.15, 0.2) is 6.10 Å². The highest BCUT2D eigenvalue weighted by molar-refractivity contribution is 5.71. The summed E-state index contributed by atoms with van der Waals surface area (Å²) in [5.74, 6) is -0.892. The Balaban J connectivity index is 4.36. The summed E-state index contributed by atoms with van der Waals surface area (Å²) in [4.78, 5) is 37.9. The molecular weight excluding hydrogens is 757 g/mol. The summed E-state index contributed by atoms with van der Waals surface area (Å²) in [7, 11) is 0. The molecule has 1 atom stereocenters. The van der Waals surface area contributed by atoms with Crippen LogP contribution in [0.4, 0.5) is 0 Å². The average Bonchev–Trinajstić information content (AvgIpc) is 3.26. The van der Waals surface area contributed by atoms with Crippen LogP contribution in [0, 0.1) is 0 Å². The van der Waals surface area contributed by atoms with Gasteiger partial charge >= 0.3 is 17.9 Å². The van der Waals surface area contributed by atoms with Crippen molar-refractivity contribution in [2.45, 2.75) is 284 Å². The van der Waals surface area contributed by atoms with Crippen LogP contribution in [0.3, 0.4) is 0 Å².